The summed E-state index contributed by atoms with van der Waals surface area (Å²) < 4.78 is 10.5. The minimum atomic E-state index is 0.672. The van der Waals surface area contributed by atoms with Gasteiger partial charge in [0.2, 0.25) is 0 Å². The SMILES string of the molecule is COc1cc(NC=S)ccc1-c1cnco1. The zero-order valence-corrected chi connectivity index (χ0v) is 9.45. The van der Waals surface area contributed by atoms with E-state index in [9.17, 15) is 0 Å². The third-order valence-electron chi connectivity index (χ3n) is 2.12. The number of nitrogens with one attached hydrogen (secondary N) is 1. The monoisotopic (exact) mass is 234 g/mol. The molecule has 0 saturated carbocycles. The maximum absolute atomic E-state index is 5.28. The van der Waals surface area contributed by atoms with E-state index in [0.717, 1.165) is 11.3 Å². The topological polar surface area (TPSA) is 47.3 Å². The Morgan fingerprint density at radius 2 is 2.38 bits per heavy atom. The molecule has 1 heterocycles. The highest BCUT2D eigenvalue weighted by Gasteiger charge is 2.09. The standard InChI is InChI=1S/C11H10N2O2S/c1-14-10-4-8(13-7-16)2-3-9(10)11-5-12-6-15-11/h2-7H,1H3,(H,13,16). The zero-order valence-electron chi connectivity index (χ0n) is 8.64. The van der Waals surface area contributed by atoms with Crippen LogP contribution in [0.3, 0.4) is 0 Å². The molecule has 0 spiro atoms. The molecular formula is C11H10N2O2S. The Labute approximate surface area is 98.3 Å². The van der Waals surface area contributed by atoms with Gasteiger partial charge in [-0.05, 0) is 12.1 Å². The van der Waals surface area contributed by atoms with Crippen molar-refractivity contribution in [2.24, 2.45) is 0 Å². The van der Waals surface area contributed by atoms with Crippen LogP contribution in [0.4, 0.5) is 5.69 Å². The molecule has 0 amide bonds. The first-order chi connectivity index (χ1) is 7.85. The highest BCUT2D eigenvalue weighted by Crippen LogP contribution is 2.31. The van der Waals surface area contributed by atoms with Crippen molar-refractivity contribution in [1.29, 1.82) is 0 Å². The maximum Gasteiger partial charge on any atom is 0.181 e. The Morgan fingerprint density at radius 3 is 3.00 bits per heavy atom. The minimum absolute atomic E-state index is 0.672. The molecule has 0 radical (unpaired) electrons. The number of oxazole rings is 1. The number of thiocarbonyl (C=S) groups is 1. The van der Waals surface area contributed by atoms with Crippen molar-refractivity contribution in [3.8, 4) is 17.1 Å². The molecule has 2 aromatic rings. The van der Waals surface area contributed by atoms with E-state index in [-0.39, 0.29) is 0 Å². The molecule has 0 fully saturated rings. The van der Waals surface area contributed by atoms with Gasteiger partial charge in [-0.2, -0.15) is 0 Å². The summed E-state index contributed by atoms with van der Waals surface area (Å²) in [4.78, 5) is 3.87. The van der Waals surface area contributed by atoms with Crippen molar-refractivity contribution in [2.75, 3.05) is 12.4 Å². The molecule has 0 atom stereocenters. The Bertz CT molecular complexity index is 483. The van der Waals surface area contributed by atoms with Crippen LogP contribution in [0, 0.1) is 0 Å². The molecule has 0 aliphatic carbocycles. The van der Waals surface area contributed by atoms with Gasteiger partial charge in [0.1, 0.15) is 5.75 Å². The van der Waals surface area contributed by atoms with Crippen molar-refractivity contribution in [3.63, 3.8) is 0 Å². The molecule has 1 aromatic heterocycles. The molecule has 0 aliphatic heterocycles. The van der Waals surface area contributed by atoms with Gasteiger partial charge in [-0.15, -0.1) is 0 Å². The van der Waals surface area contributed by atoms with E-state index in [0.29, 0.717) is 11.5 Å². The smallest absolute Gasteiger partial charge is 0.181 e. The van der Waals surface area contributed by atoms with Gasteiger partial charge < -0.3 is 14.5 Å². The van der Waals surface area contributed by atoms with Gasteiger partial charge in [0, 0.05) is 11.8 Å². The highest BCUT2D eigenvalue weighted by molar-refractivity contribution is 7.79. The van der Waals surface area contributed by atoms with Crippen LogP contribution in [0.2, 0.25) is 0 Å². The molecule has 5 heteroatoms. The summed E-state index contributed by atoms with van der Waals surface area (Å²) in [5.74, 6) is 1.38. The maximum atomic E-state index is 5.28. The lowest BCUT2D eigenvalue weighted by molar-refractivity contribution is 0.415. The van der Waals surface area contributed by atoms with Crippen LogP contribution in [0.25, 0.3) is 11.3 Å². The molecule has 0 aliphatic rings. The molecule has 0 saturated heterocycles. The predicted molar refractivity (Wildman–Crippen MR) is 65.8 cm³/mol. The summed E-state index contributed by atoms with van der Waals surface area (Å²) in [6.45, 7) is 0. The van der Waals surface area contributed by atoms with Crippen LogP contribution in [0.1, 0.15) is 0 Å². The lowest BCUT2D eigenvalue weighted by Gasteiger charge is -2.08. The molecule has 1 aromatic carbocycles. The van der Waals surface area contributed by atoms with Crippen LogP contribution in [-0.4, -0.2) is 17.6 Å². The molecule has 0 bridgehead atoms. The number of hydrogen-bond acceptors (Lipinski definition) is 4. The van der Waals surface area contributed by atoms with Gasteiger partial charge in [0.15, 0.2) is 12.2 Å². The number of nitrogens with zero attached hydrogens (tertiary/aromatic N) is 1. The second kappa shape index (κ2) is 4.76. The van der Waals surface area contributed by atoms with Crippen LogP contribution in [0.15, 0.2) is 35.2 Å². The lowest BCUT2D eigenvalue weighted by atomic mass is 10.1. The summed E-state index contributed by atoms with van der Waals surface area (Å²) in [5, 5.41) is 2.92. The Hall–Kier alpha value is -1.88. The molecular weight excluding hydrogens is 224 g/mol. The van der Waals surface area contributed by atoms with Crippen LogP contribution < -0.4 is 10.1 Å². The van der Waals surface area contributed by atoms with Gasteiger partial charge in [0.05, 0.1) is 24.4 Å². The normalized spacial score (nSPS) is 9.81. The van der Waals surface area contributed by atoms with Crippen LogP contribution in [0.5, 0.6) is 5.75 Å². The lowest BCUT2D eigenvalue weighted by Crippen LogP contribution is -1.94. The number of ether oxygens (including phenoxy) is 1. The van der Waals surface area contributed by atoms with Gasteiger partial charge in [-0.25, -0.2) is 4.98 Å². The van der Waals surface area contributed by atoms with Gasteiger partial charge in [0.25, 0.3) is 0 Å². The first-order valence-corrected chi connectivity index (χ1v) is 5.09. The summed E-state index contributed by atoms with van der Waals surface area (Å²) in [7, 11) is 1.61. The van der Waals surface area contributed by atoms with Crippen molar-refractivity contribution in [2.45, 2.75) is 0 Å². The quantitative estimate of drug-likeness (QED) is 0.824. The van der Waals surface area contributed by atoms with Gasteiger partial charge in [-0.3, -0.25) is 0 Å². The number of rotatable bonds is 4. The van der Waals surface area contributed by atoms with Crippen LogP contribution in [-0.2, 0) is 0 Å². The summed E-state index contributed by atoms with van der Waals surface area (Å²) in [6.07, 6.45) is 3.03. The third-order valence-corrected chi connectivity index (χ3v) is 2.24. The van der Waals surface area contributed by atoms with E-state index < -0.39 is 0 Å². The van der Waals surface area contributed by atoms with E-state index in [1.165, 1.54) is 11.9 Å². The second-order valence-electron chi connectivity index (χ2n) is 3.04. The molecule has 4 nitrogen and oxygen atoms in total. The van der Waals surface area contributed by atoms with E-state index in [4.69, 9.17) is 21.4 Å². The summed E-state index contributed by atoms with van der Waals surface area (Å²) in [6, 6.07) is 5.63. The average molecular weight is 234 g/mol. The first kappa shape index (κ1) is 10.6. The van der Waals surface area contributed by atoms with Gasteiger partial charge in [-0.1, -0.05) is 12.2 Å². The zero-order chi connectivity index (χ0) is 11.4. The number of hydrogen-bond donors (Lipinski definition) is 1. The largest absolute Gasteiger partial charge is 0.496 e. The third kappa shape index (κ3) is 2.04. The fourth-order valence-electron chi connectivity index (χ4n) is 1.40. The molecule has 16 heavy (non-hydrogen) atoms. The van der Waals surface area contributed by atoms with E-state index in [1.807, 2.05) is 18.2 Å². The van der Waals surface area contributed by atoms with E-state index >= 15 is 0 Å². The second-order valence-corrected chi connectivity index (χ2v) is 3.28. The number of anilines is 1. The Kier molecular flexibility index (Phi) is 3.16. The molecule has 2 rings (SSSR count). The highest BCUT2D eigenvalue weighted by atomic mass is 32.1. The average Bonchev–Trinajstić information content (AvgIpc) is 2.83. The van der Waals surface area contributed by atoms with Crippen molar-refractivity contribution in [1.82, 2.24) is 4.98 Å². The Morgan fingerprint density at radius 1 is 1.50 bits per heavy atom. The predicted octanol–water partition coefficient (Wildman–Crippen LogP) is 2.72. The molecule has 0 unspecified atom stereocenters. The van der Waals surface area contributed by atoms with Crippen molar-refractivity contribution < 1.29 is 9.15 Å². The number of aromatic nitrogens is 1. The minimum Gasteiger partial charge on any atom is -0.496 e. The number of benzene rings is 1. The number of methoxy groups -OCH3 is 1. The fraction of sp³-hybridized carbons (Fsp3) is 0.0909. The fourth-order valence-corrected chi connectivity index (χ4v) is 1.54. The molecule has 82 valence electrons. The summed E-state index contributed by atoms with van der Waals surface area (Å²) in [5.41, 5.74) is 3.17. The van der Waals surface area contributed by atoms with E-state index in [2.05, 4.69) is 10.3 Å². The molecule has 1 N–H and O–H groups in total. The first-order valence-electron chi connectivity index (χ1n) is 4.62. The van der Waals surface area contributed by atoms with E-state index in [1.54, 1.807) is 13.3 Å². The van der Waals surface area contributed by atoms with Crippen LogP contribution >= 0.6 is 12.2 Å². The van der Waals surface area contributed by atoms with Crippen molar-refractivity contribution >= 4 is 23.4 Å². The van der Waals surface area contributed by atoms with Crippen molar-refractivity contribution in [3.05, 3.63) is 30.8 Å². The van der Waals surface area contributed by atoms with Gasteiger partial charge >= 0.3 is 0 Å². The summed E-state index contributed by atoms with van der Waals surface area (Å²) >= 11 is 4.72. The Balaban J connectivity index is 2.43.